The van der Waals surface area contributed by atoms with Crippen molar-refractivity contribution in [2.45, 2.75) is 25.2 Å². The van der Waals surface area contributed by atoms with Crippen LogP contribution < -0.4 is 9.64 Å². The van der Waals surface area contributed by atoms with Gasteiger partial charge in [-0.05, 0) is 67.1 Å². The zero-order valence-electron chi connectivity index (χ0n) is 17.7. The van der Waals surface area contributed by atoms with E-state index in [1.54, 1.807) is 30.4 Å². The SMILES string of the molecule is C=CC=C.COc1ccc(N2CCN(CCC3CCc4ccccc43)CC2)cc1. The minimum atomic E-state index is 0.774. The molecular weight excluding hydrogens is 356 g/mol. The van der Waals surface area contributed by atoms with Crippen molar-refractivity contribution in [3.63, 3.8) is 0 Å². The van der Waals surface area contributed by atoms with Gasteiger partial charge in [0.15, 0.2) is 0 Å². The minimum Gasteiger partial charge on any atom is -0.497 e. The Hall–Kier alpha value is -2.52. The number of anilines is 1. The summed E-state index contributed by atoms with van der Waals surface area (Å²) in [4.78, 5) is 5.13. The first kappa shape index (κ1) is 21.2. The predicted molar refractivity (Wildman–Crippen MR) is 124 cm³/mol. The van der Waals surface area contributed by atoms with Gasteiger partial charge >= 0.3 is 0 Å². The van der Waals surface area contributed by atoms with Crippen LogP contribution in [0.4, 0.5) is 5.69 Å². The summed E-state index contributed by atoms with van der Waals surface area (Å²) in [7, 11) is 1.72. The molecule has 1 saturated heterocycles. The van der Waals surface area contributed by atoms with Crippen LogP contribution in [0.15, 0.2) is 73.8 Å². The number of methoxy groups -OCH3 is 1. The van der Waals surface area contributed by atoms with E-state index in [1.165, 1.54) is 44.6 Å². The molecule has 2 aliphatic rings. The molecule has 29 heavy (non-hydrogen) atoms. The number of rotatable bonds is 6. The molecule has 0 N–H and O–H groups in total. The lowest BCUT2D eigenvalue weighted by Gasteiger charge is -2.36. The van der Waals surface area contributed by atoms with Gasteiger partial charge in [-0.15, -0.1) is 0 Å². The van der Waals surface area contributed by atoms with Crippen LogP contribution in [0.3, 0.4) is 0 Å². The van der Waals surface area contributed by atoms with Gasteiger partial charge in [0.25, 0.3) is 0 Å². The standard InChI is InChI=1S/C22H28N2O.C4H6/c1-25-21-10-8-20(9-11-21)24-16-14-23(15-17-24)13-12-19-7-6-18-4-2-3-5-22(18)19;1-3-4-2/h2-5,8-11,19H,6-7,12-17H2,1H3;3-4H,1-2H2. The highest BCUT2D eigenvalue weighted by molar-refractivity contribution is 5.49. The lowest BCUT2D eigenvalue weighted by Crippen LogP contribution is -2.46. The van der Waals surface area contributed by atoms with Crippen molar-refractivity contribution in [3.05, 3.63) is 85.0 Å². The first-order valence-electron chi connectivity index (χ1n) is 10.7. The van der Waals surface area contributed by atoms with E-state index in [0.29, 0.717) is 0 Å². The lowest BCUT2D eigenvalue weighted by molar-refractivity contribution is 0.248. The van der Waals surface area contributed by atoms with Gasteiger partial charge in [-0.1, -0.05) is 49.6 Å². The summed E-state index contributed by atoms with van der Waals surface area (Å²) < 4.78 is 5.25. The van der Waals surface area contributed by atoms with Crippen LogP contribution in [-0.2, 0) is 6.42 Å². The van der Waals surface area contributed by atoms with Crippen molar-refractivity contribution in [3.8, 4) is 5.75 Å². The molecule has 1 fully saturated rings. The Morgan fingerprint density at radius 1 is 0.966 bits per heavy atom. The molecule has 2 aromatic carbocycles. The average molecular weight is 391 g/mol. The Bertz CT molecular complexity index is 770. The molecule has 0 spiro atoms. The Kier molecular flexibility index (Phi) is 7.94. The molecule has 0 aromatic heterocycles. The number of aryl methyl sites for hydroxylation is 1. The summed E-state index contributed by atoms with van der Waals surface area (Å²) in [6, 6.07) is 17.5. The normalized spacial score (nSPS) is 18.4. The van der Waals surface area contributed by atoms with Gasteiger partial charge in [-0.25, -0.2) is 0 Å². The molecule has 3 heteroatoms. The minimum absolute atomic E-state index is 0.774. The number of piperazine rings is 1. The van der Waals surface area contributed by atoms with Gasteiger partial charge in [0.1, 0.15) is 5.75 Å². The van der Waals surface area contributed by atoms with E-state index in [-0.39, 0.29) is 0 Å². The van der Waals surface area contributed by atoms with Gasteiger partial charge in [0.2, 0.25) is 0 Å². The Balaban J connectivity index is 0.000000552. The molecule has 4 rings (SSSR count). The largest absolute Gasteiger partial charge is 0.497 e. The lowest BCUT2D eigenvalue weighted by atomic mass is 9.97. The van der Waals surface area contributed by atoms with E-state index < -0.39 is 0 Å². The maximum absolute atomic E-state index is 5.25. The van der Waals surface area contributed by atoms with Gasteiger partial charge in [-0.3, -0.25) is 4.90 Å². The zero-order chi connectivity index (χ0) is 20.5. The van der Waals surface area contributed by atoms with E-state index in [9.17, 15) is 0 Å². The van der Waals surface area contributed by atoms with Gasteiger partial charge in [0, 0.05) is 31.9 Å². The van der Waals surface area contributed by atoms with E-state index in [0.717, 1.165) is 24.8 Å². The molecule has 0 bridgehead atoms. The van der Waals surface area contributed by atoms with Crippen LogP contribution in [-0.4, -0.2) is 44.7 Å². The average Bonchev–Trinajstić information content (AvgIpc) is 3.21. The molecule has 0 saturated carbocycles. The van der Waals surface area contributed by atoms with Gasteiger partial charge in [-0.2, -0.15) is 0 Å². The fraction of sp³-hybridized carbons (Fsp3) is 0.385. The van der Waals surface area contributed by atoms with Crippen LogP contribution in [0.25, 0.3) is 0 Å². The number of benzene rings is 2. The first-order chi connectivity index (χ1) is 14.2. The van der Waals surface area contributed by atoms with Crippen molar-refractivity contribution in [2.24, 2.45) is 0 Å². The monoisotopic (exact) mass is 390 g/mol. The Morgan fingerprint density at radius 2 is 1.66 bits per heavy atom. The summed E-state index contributed by atoms with van der Waals surface area (Å²) in [5.74, 6) is 1.70. The van der Waals surface area contributed by atoms with Crippen molar-refractivity contribution in [1.29, 1.82) is 0 Å². The molecule has 0 amide bonds. The second-order valence-electron chi connectivity index (χ2n) is 7.72. The first-order valence-corrected chi connectivity index (χ1v) is 10.7. The number of hydrogen-bond acceptors (Lipinski definition) is 3. The Morgan fingerprint density at radius 3 is 2.31 bits per heavy atom. The number of fused-ring (bicyclic) bond motifs is 1. The van der Waals surface area contributed by atoms with Crippen molar-refractivity contribution < 1.29 is 4.74 Å². The van der Waals surface area contributed by atoms with Crippen molar-refractivity contribution in [1.82, 2.24) is 4.90 Å². The number of allylic oxidation sites excluding steroid dienone is 2. The molecule has 154 valence electrons. The Labute approximate surface area is 176 Å². The summed E-state index contributed by atoms with van der Waals surface area (Å²) in [6.07, 6.45) is 7.19. The van der Waals surface area contributed by atoms with Crippen LogP contribution >= 0.6 is 0 Å². The second kappa shape index (κ2) is 10.9. The molecule has 2 aromatic rings. The number of ether oxygens (including phenoxy) is 1. The fourth-order valence-corrected chi connectivity index (χ4v) is 4.31. The molecule has 1 unspecified atom stereocenters. The molecule has 1 heterocycles. The third kappa shape index (κ3) is 5.74. The second-order valence-corrected chi connectivity index (χ2v) is 7.72. The van der Waals surface area contributed by atoms with Gasteiger partial charge in [0.05, 0.1) is 7.11 Å². The molecule has 1 atom stereocenters. The smallest absolute Gasteiger partial charge is 0.119 e. The van der Waals surface area contributed by atoms with E-state index in [2.05, 4.69) is 71.5 Å². The highest BCUT2D eigenvalue weighted by Crippen LogP contribution is 2.35. The fourth-order valence-electron chi connectivity index (χ4n) is 4.31. The molecular formula is C26H34N2O. The number of nitrogens with zero attached hydrogens (tertiary/aromatic N) is 2. The van der Waals surface area contributed by atoms with Crippen LogP contribution in [0, 0.1) is 0 Å². The van der Waals surface area contributed by atoms with Crippen molar-refractivity contribution >= 4 is 5.69 Å². The van der Waals surface area contributed by atoms with Crippen LogP contribution in [0.1, 0.15) is 29.9 Å². The van der Waals surface area contributed by atoms with Gasteiger partial charge < -0.3 is 9.64 Å². The topological polar surface area (TPSA) is 15.7 Å². The maximum atomic E-state index is 5.25. The van der Waals surface area contributed by atoms with Crippen molar-refractivity contribution in [2.75, 3.05) is 44.7 Å². The highest BCUT2D eigenvalue weighted by atomic mass is 16.5. The van der Waals surface area contributed by atoms with E-state index >= 15 is 0 Å². The van der Waals surface area contributed by atoms with Crippen LogP contribution in [0.5, 0.6) is 5.75 Å². The summed E-state index contributed by atoms with van der Waals surface area (Å²) >= 11 is 0. The molecule has 1 aliphatic heterocycles. The van der Waals surface area contributed by atoms with E-state index in [1.807, 2.05) is 0 Å². The summed E-state index contributed by atoms with van der Waals surface area (Å²) in [5.41, 5.74) is 4.50. The summed E-state index contributed by atoms with van der Waals surface area (Å²) in [5, 5.41) is 0. The molecule has 1 aliphatic carbocycles. The third-order valence-corrected chi connectivity index (χ3v) is 6.03. The predicted octanol–water partition coefficient (Wildman–Crippen LogP) is 5.30. The van der Waals surface area contributed by atoms with E-state index in [4.69, 9.17) is 4.74 Å². The quantitative estimate of drug-likeness (QED) is 0.623. The third-order valence-electron chi connectivity index (χ3n) is 6.03. The zero-order valence-corrected chi connectivity index (χ0v) is 17.7. The molecule has 0 radical (unpaired) electrons. The number of hydrogen-bond donors (Lipinski definition) is 0. The highest BCUT2D eigenvalue weighted by Gasteiger charge is 2.23. The summed E-state index contributed by atoms with van der Waals surface area (Å²) in [6.45, 7) is 12.5. The molecule has 3 nitrogen and oxygen atoms in total. The van der Waals surface area contributed by atoms with Crippen LogP contribution in [0.2, 0.25) is 0 Å². The maximum Gasteiger partial charge on any atom is 0.119 e.